The molecule has 118 valence electrons. The van der Waals surface area contributed by atoms with E-state index >= 15 is 0 Å². The second kappa shape index (κ2) is 5.87. The average Bonchev–Trinajstić information content (AvgIpc) is 2.90. The van der Waals surface area contributed by atoms with Crippen LogP contribution in [0, 0.1) is 5.41 Å². The summed E-state index contributed by atoms with van der Waals surface area (Å²) in [6, 6.07) is 3.92. The highest BCUT2D eigenvalue weighted by Gasteiger charge is 2.36. The van der Waals surface area contributed by atoms with E-state index in [1.54, 1.807) is 6.07 Å². The van der Waals surface area contributed by atoms with E-state index in [2.05, 4.69) is 18.7 Å². The normalized spacial score (nSPS) is 18.3. The molecular formula is C16H23F3N2. The first-order valence-electron chi connectivity index (χ1n) is 7.50. The van der Waals surface area contributed by atoms with Crippen LogP contribution in [0.3, 0.4) is 0 Å². The third-order valence-corrected chi connectivity index (χ3v) is 4.91. The molecular weight excluding hydrogens is 277 g/mol. The summed E-state index contributed by atoms with van der Waals surface area (Å²) in [4.78, 5) is 2.19. The lowest BCUT2D eigenvalue weighted by atomic mass is 9.82. The molecule has 0 bridgehead atoms. The Morgan fingerprint density at radius 2 is 1.90 bits per heavy atom. The quantitative estimate of drug-likeness (QED) is 0.904. The molecule has 0 amide bonds. The van der Waals surface area contributed by atoms with Crippen molar-refractivity contribution in [1.29, 1.82) is 0 Å². The Labute approximate surface area is 124 Å². The second-order valence-electron chi connectivity index (χ2n) is 5.92. The Morgan fingerprint density at radius 3 is 2.38 bits per heavy atom. The van der Waals surface area contributed by atoms with Gasteiger partial charge < -0.3 is 10.6 Å². The smallest absolute Gasteiger partial charge is 0.371 e. The number of hydrogen-bond acceptors (Lipinski definition) is 2. The minimum absolute atomic E-state index is 0.126. The van der Waals surface area contributed by atoms with Gasteiger partial charge in [-0.2, -0.15) is 13.2 Å². The van der Waals surface area contributed by atoms with Gasteiger partial charge in [-0.05, 0) is 48.4 Å². The number of nitrogens with zero attached hydrogens (tertiary/aromatic N) is 1. The number of hydrogen-bond donors (Lipinski definition) is 1. The fourth-order valence-corrected chi connectivity index (χ4v) is 3.20. The van der Waals surface area contributed by atoms with Crippen LogP contribution in [0.25, 0.3) is 0 Å². The third-order valence-electron chi connectivity index (χ3n) is 4.91. The summed E-state index contributed by atoms with van der Waals surface area (Å²) in [5, 5.41) is 0. The van der Waals surface area contributed by atoms with Gasteiger partial charge >= 0.3 is 6.18 Å². The summed E-state index contributed by atoms with van der Waals surface area (Å²) in [6.07, 6.45) is -1.04. The summed E-state index contributed by atoms with van der Waals surface area (Å²) in [5.74, 6) is 0. The zero-order chi connectivity index (χ0) is 15.7. The Bertz CT molecular complexity index is 493. The summed E-state index contributed by atoms with van der Waals surface area (Å²) in [7, 11) is 0. The second-order valence-corrected chi connectivity index (χ2v) is 5.92. The summed E-state index contributed by atoms with van der Waals surface area (Å²) >= 11 is 0. The molecule has 1 aromatic carbocycles. The Balaban J connectivity index is 2.29. The van der Waals surface area contributed by atoms with Gasteiger partial charge in [0.15, 0.2) is 0 Å². The number of halogens is 3. The van der Waals surface area contributed by atoms with Gasteiger partial charge in [0.1, 0.15) is 0 Å². The molecule has 5 heteroatoms. The van der Waals surface area contributed by atoms with E-state index in [9.17, 15) is 13.2 Å². The van der Waals surface area contributed by atoms with Crippen molar-refractivity contribution in [1.82, 2.24) is 0 Å². The van der Waals surface area contributed by atoms with Crippen LogP contribution < -0.4 is 10.6 Å². The molecule has 1 aliphatic rings. The van der Waals surface area contributed by atoms with Gasteiger partial charge in [-0.3, -0.25) is 0 Å². The molecule has 0 spiro atoms. The lowest BCUT2D eigenvalue weighted by Crippen LogP contribution is -2.27. The number of anilines is 1. The average molecular weight is 300 g/mol. The maximum Gasteiger partial charge on any atom is 0.416 e. The molecule has 2 nitrogen and oxygen atoms in total. The van der Waals surface area contributed by atoms with Gasteiger partial charge in [0.05, 0.1) is 5.56 Å². The van der Waals surface area contributed by atoms with Crippen molar-refractivity contribution in [3.63, 3.8) is 0 Å². The number of rotatable bonds is 4. The lowest BCUT2D eigenvalue weighted by Gasteiger charge is -2.28. The minimum atomic E-state index is -4.32. The van der Waals surface area contributed by atoms with Gasteiger partial charge in [-0.1, -0.05) is 13.8 Å². The van der Waals surface area contributed by atoms with Gasteiger partial charge in [0.25, 0.3) is 0 Å². The first-order valence-corrected chi connectivity index (χ1v) is 7.50. The Hall–Kier alpha value is -1.23. The van der Waals surface area contributed by atoms with Crippen molar-refractivity contribution >= 4 is 5.69 Å². The molecule has 1 saturated heterocycles. The third kappa shape index (κ3) is 3.18. The van der Waals surface area contributed by atoms with Crippen molar-refractivity contribution in [3.8, 4) is 0 Å². The van der Waals surface area contributed by atoms with E-state index in [0.717, 1.165) is 44.1 Å². The standard InChI is InChI=1S/C16H23F3N2/c1-3-15(4-2)7-8-21(11-15)14-6-5-13(16(17,18)19)9-12(14)10-20/h5-6,9H,3-4,7-8,10-11,20H2,1-2H3. The first-order chi connectivity index (χ1) is 9.85. The van der Waals surface area contributed by atoms with Crippen molar-refractivity contribution in [2.45, 2.75) is 45.8 Å². The van der Waals surface area contributed by atoms with Gasteiger partial charge in [-0.15, -0.1) is 0 Å². The molecule has 1 aliphatic heterocycles. The fourth-order valence-electron chi connectivity index (χ4n) is 3.20. The molecule has 0 aromatic heterocycles. The molecule has 1 aromatic rings. The fraction of sp³-hybridized carbons (Fsp3) is 0.625. The first kappa shape index (κ1) is 16.1. The van der Waals surface area contributed by atoms with Crippen LogP contribution in [-0.4, -0.2) is 13.1 Å². The van der Waals surface area contributed by atoms with E-state index in [4.69, 9.17) is 5.73 Å². The van der Waals surface area contributed by atoms with Crippen LogP contribution in [0.1, 0.15) is 44.2 Å². The van der Waals surface area contributed by atoms with Gasteiger partial charge in [-0.25, -0.2) is 0 Å². The molecule has 1 heterocycles. The molecule has 0 atom stereocenters. The van der Waals surface area contributed by atoms with E-state index in [1.165, 1.54) is 6.07 Å². The lowest BCUT2D eigenvalue weighted by molar-refractivity contribution is -0.137. The molecule has 0 saturated carbocycles. The Kier molecular flexibility index (Phi) is 4.51. The number of alkyl halides is 3. The molecule has 1 fully saturated rings. The van der Waals surface area contributed by atoms with Gasteiger partial charge in [0, 0.05) is 25.3 Å². The predicted molar refractivity (Wildman–Crippen MR) is 79.2 cm³/mol. The van der Waals surface area contributed by atoms with Crippen LogP contribution in [0.5, 0.6) is 0 Å². The SMILES string of the molecule is CCC1(CC)CCN(c2ccc(C(F)(F)F)cc2CN)C1. The van der Waals surface area contributed by atoms with Crippen LogP contribution in [0.15, 0.2) is 18.2 Å². The zero-order valence-corrected chi connectivity index (χ0v) is 12.6. The molecule has 0 radical (unpaired) electrons. The summed E-state index contributed by atoms with van der Waals surface area (Å²) in [5.41, 5.74) is 6.77. The predicted octanol–water partition coefficient (Wildman–Crippen LogP) is 4.18. The maximum absolute atomic E-state index is 12.8. The molecule has 0 aliphatic carbocycles. The highest BCUT2D eigenvalue weighted by atomic mass is 19.4. The topological polar surface area (TPSA) is 29.3 Å². The number of benzene rings is 1. The monoisotopic (exact) mass is 300 g/mol. The molecule has 2 rings (SSSR count). The van der Waals surface area contributed by atoms with Crippen molar-refractivity contribution < 1.29 is 13.2 Å². The molecule has 21 heavy (non-hydrogen) atoms. The van der Waals surface area contributed by atoms with Gasteiger partial charge in [0.2, 0.25) is 0 Å². The summed E-state index contributed by atoms with van der Waals surface area (Å²) in [6.45, 7) is 6.28. The maximum atomic E-state index is 12.8. The van der Waals surface area contributed by atoms with Crippen LogP contribution >= 0.6 is 0 Å². The van der Waals surface area contributed by atoms with Crippen LogP contribution in [0.2, 0.25) is 0 Å². The highest BCUT2D eigenvalue weighted by Crippen LogP contribution is 2.41. The van der Waals surface area contributed by atoms with Crippen molar-refractivity contribution in [2.75, 3.05) is 18.0 Å². The summed E-state index contributed by atoms with van der Waals surface area (Å²) < 4.78 is 38.4. The van der Waals surface area contributed by atoms with Crippen LogP contribution in [-0.2, 0) is 12.7 Å². The molecule has 0 unspecified atom stereocenters. The van der Waals surface area contributed by atoms with E-state index in [1.807, 2.05) is 0 Å². The largest absolute Gasteiger partial charge is 0.416 e. The van der Waals surface area contributed by atoms with E-state index < -0.39 is 11.7 Å². The number of nitrogens with two attached hydrogens (primary N) is 1. The van der Waals surface area contributed by atoms with Crippen molar-refractivity contribution in [3.05, 3.63) is 29.3 Å². The zero-order valence-electron chi connectivity index (χ0n) is 12.6. The van der Waals surface area contributed by atoms with E-state index in [-0.39, 0.29) is 12.0 Å². The molecule has 2 N–H and O–H groups in total. The van der Waals surface area contributed by atoms with Crippen LogP contribution in [0.4, 0.5) is 18.9 Å². The van der Waals surface area contributed by atoms with E-state index in [0.29, 0.717) is 5.56 Å². The highest BCUT2D eigenvalue weighted by molar-refractivity contribution is 5.56. The van der Waals surface area contributed by atoms with Crippen molar-refractivity contribution in [2.24, 2.45) is 11.1 Å². The minimum Gasteiger partial charge on any atom is -0.371 e. The Morgan fingerprint density at radius 1 is 1.24 bits per heavy atom.